The zero-order valence-corrected chi connectivity index (χ0v) is 8.75. The molecule has 2 aromatic rings. The molecule has 0 saturated carbocycles. The van der Waals surface area contributed by atoms with E-state index in [4.69, 9.17) is 0 Å². The van der Waals surface area contributed by atoms with E-state index in [9.17, 15) is 10.1 Å². The number of allylic oxidation sites excluding steroid dienone is 1. The third-order valence-corrected chi connectivity index (χ3v) is 2.29. The second-order valence-electron chi connectivity index (χ2n) is 3.50. The molecule has 0 atom stereocenters. The minimum atomic E-state index is -0.400. The van der Waals surface area contributed by atoms with Gasteiger partial charge in [-0.3, -0.25) is 15.1 Å². The van der Waals surface area contributed by atoms with Gasteiger partial charge in [0.05, 0.1) is 10.4 Å². The smallest absolute Gasteiger partial charge is 0.243 e. The van der Waals surface area contributed by atoms with E-state index in [1.165, 1.54) is 13.0 Å². The number of rotatable bonds is 2. The number of pyridine rings is 1. The lowest BCUT2D eigenvalue weighted by Crippen LogP contribution is -1.92. The van der Waals surface area contributed by atoms with Gasteiger partial charge in [0.2, 0.25) is 5.70 Å². The van der Waals surface area contributed by atoms with Gasteiger partial charge < -0.3 is 0 Å². The fourth-order valence-electron chi connectivity index (χ4n) is 1.47. The van der Waals surface area contributed by atoms with Crippen LogP contribution in [-0.2, 0) is 0 Å². The minimum Gasteiger partial charge on any atom is -0.259 e. The van der Waals surface area contributed by atoms with Gasteiger partial charge in [-0.15, -0.1) is 0 Å². The molecule has 0 aliphatic rings. The van der Waals surface area contributed by atoms with Gasteiger partial charge in [0.25, 0.3) is 0 Å². The molecule has 16 heavy (non-hydrogen) atoms. The van der Waals surface area contributed by atoms with Crippen LogP contribution in [0.3, 0.4) is 0 Å². The summed E-state index contributed by atoms with van der Waals surface area (Å²) in [5, 5.41) is 11.5. The highest BCUT2D eigenvalue weighted by atomic mass is 16.6. The van der Waals surface area contributed by atoms with E-state index in [0.29, 0.717) is 0 Å². The SMILES string of the molecule is C/C(=C\c1ccc2cccnc2c1)[N+](=O)[O-]. The summed E-state index contributed by atoms with van der Waals surface area (Å²) in [6, 6.07) is 9.40. The second kappa shape index (κ2) is 4.10. The first-order chi connectivity index (χ1) is 7.66. The Morgan fingerprint density at radius 3 is 3.00 bits per heavy atom. The molecule has 0 aliphatic carbocycles. The fourth-order valence-corrected chi connectivity index (χ4v) is 1.47. The summed E-state index contributed by atoms with van der Waals surface area (Å²) in [7, 11) is 0. The highest BCUT2D eigenvalue weighted by Gasteiger charge is 2.02. The van der Waals surface area contributed by atoms with Crippen LogP contribution in [0.4, 0.5) is 0 Å². The van der Waals surface area contributed by atoms with Crippen molar-refractivity contribution in [2.24, 2.45) is 0 Å². The summed E-state index contributed by atoms with van der Waals surface area (Å²) >= 11 is 0. The normalized spacial score (nSPS) is 11.7. The van der Waals surface area contributed by atoms with E-state index in [1.54, 1.807) is 6.20 Å². The molecule has 0 fully saturated rings. The summed E-state index contributed by atoms with van der Waals surface area (Å²) in [5.74, 6) is 0. The largest absolute Gasteiger partial charge is 0.259 e. The Bertz CT molecular complexity index is 576. The Hall–Kier alpha value is -2.23. The molecular formula is C12H10N2O2. The van der Waals surface area contributed by atoms with Crippen LogP contribution >= 0.6 is 0 Å². The summed E-state index contributed by atoms with van der Waals surface area (Å²) in [6.07, 6.45) is 3.24. The molecule has 4 nitrogen and oxygen atoms in total. The number of nitro groups is 1. The standard InChI is InChI=1S/C12H10N2O2/c1-9(14(15)16)7-10-4-5-11-3-2-6-13-12(11)8-10/h2-8H,1H3/b9-7+. The number of nitrogens with zero attached hydrogens (tertiary/aromatic N) is 2. The van der Waals surface area contributed by atoms with Crippen molar-refractivity contribution in [3.63, 3.8) is 0 Å². The molecule has 0 unspecified atom stereocenters. The molecular weight excluding hydrogens is 204 g/mol. The Labute approximate surface area is 92.4 Å². The van der Waals surface area contributed by atoms with E-state index in [1.807, 2.05) is 30.3 Å². The van der Waals surface area contributed by atoms with Gasteiger partial charge in [-0.2, -0.15) is 0 Å². The molecule has 0 amide bonds. The summed E-state index contributed by atoms with van der Waals surface area (Å²) in [4.78, 5) is 14.3. The monoisotopic (exact) mass is 214 g/mol. The predicted molar refractivity (Wildman–Crippen MR) is 62.4 cm³/mol. The molecule has 80 valence electrons. The lowest BCUT2D eigenvalue weighted by molar-refractivity contribution is -0.422. The van der Waals surface area contributed by atoms with Crippen molar-refractivity contribution in [3.05, 3.63) is 57.9 Å². The average molecular weight is 214 g/mol. The highest BCUT2D eigenvalue weighted by molar-refractivity contribution is 5.80. The molecule has 4 heteroatoms. The molecule has 0 bridgehead atoms. The van der Waals surface area contributed by atoms with Crippen molar-refractivity contribution in [2.45, 2.75) is 6.92 Å². The lowest BCUT2D eigenvalue weighted by atomic mass is 10.1. The van der Waals surface area contributed by atoms with Crippen LogP contribution < -0.4 is 0 Å². The fraction of sp³-hybridized carbons (Fsp3) is 0.0833. The maximum Gasteiger partial charge on any atom is 0.243 e. The van der Waals surface area contributed by atoms with E-state index >= 15 is 0 Å². The number of fused-ring (bicyclic) bond motifs is 1. The van der Waals surface area contributed by atoms with Crippen molar-refractivity contribution in [1.82, 2.24) is 4.98 Å². The first kappa shape index (κ1) is 10.3. The summed E-state index contributed by atoms with van der Waals surface area (Å²) < 4.78 is 0. The van der Waals surface area contributed by atoms with Gasteiger partial charge in [-0.05, 0) is 17.7 Å². The number of aromatic nitrogens is 1. The van der Waals surface area contributed by atoms with Crippen molar-refractivity contribution in [1.29, 1.82) is 0 Å². The number of hydrogen-bond acceptors (Lipinski definition) is 3. The molecule has 0 aliphatic heterocycles. The molecule has 0 N–H and O–H groups in total. The van der Waals surface area contributed by atoms with Crippen LogP contribution in [0.2, 0.25) is 0 Å². The van der Waals surface area contributed by atoms with Crippen LogP contribution in [0.15, 0.2) is 42.2 Å². The Morgan fingerprint density at radius 1 is 1.44 bits per heavy atom. The summed E-state index contributed by atoms with van der Waals surface area (Å²) in [5.41, 5.74) is 1.75. The zero-order valence-electron chi connectivity index (χ0n) is 8.75. The van der Waals surface area contributed by atoms with Crippen LogP contribution in [-0.4, -0.2) is 9.91 Å². The van der Waals surface area contributed by atoms with E-state index in [0.717, 1.165) is 16.5 Å². The predicted octanol–water partition coefficient (Wildman–Crippen LogP) is 2.87. The van der Waals surface area contributed by atoms with Crippen molar-refractivity contribution in [2.75, 3.05) is 0 Å². The first-order valence-electron chi connectivity index (χ1n) is 4.84. The van der Waals surface area contributed by atoms with Crippen molar-refractivity contribution >= 4 is 17.0 Å². The average Bonchev–Trinajstić information content (AvgIpc) is 2.28. The maximum atomic E-state index is 10.5. The highest BCUT2D eigenvalue weighted by Crippen LogP contribution is 2.15. The second-order valence-corrected chi connectivity index (χ2v) is 3.50. The van der Waals surface area contributed by atoms with Gasteiger partial charge in [-0.1, -0.05) is 18.2 Å². The molecule has 1 aromatic heterocycles. The zero-order chi connectivity index (χ0) is 11.5. The third kappa shape index (κ3) is 2.06. The topological polar surface area (TPSA) is 56.0 Å². The Morgan fingerprint density at radius 2 is 2.25 bits per heavy atom. The molecule has 2 rings (SSSR count). The van der Waals surface area contributed by atoms with Crippen molar-refractivity contribution in [3.8, 4) is 0 Å². The molecule has 0 spiro atoms. The van der Waals surface area contributed by atoms with Crippen LogP contribution in [0.1, 0.15) is 12.5 Å². The van der Waals surface area contributed by atoms with Gasteiger partial charge in [0.15, 0.2) is 0 Å². The van der Waals surface area contributed by atoms with Gasteiger partial charge >= 0.3 is 0 Å². The Balaban J connectivity index is 2.47. The van der Waals surface area contributed by atoms with Gasteiger partial charge in [0, 0.05) is 24.6 Å². The third-order valence-electron chi connectivity index (χ3n) is 2.29. The Kier molecular flexibility index (Phi) is 2.64. The van der Waals surface area contributed by atoms with Crippen LogP contribution in [0.25, 0.3) is 17.0 Å². The van der Waals surface area contributed by atoms with Crippen molar-refractivity contribution < 1.29 is 4.92 Å². The maximum absolute atomic E-state index is 10.5. The minimum absolute atomic E-state index is 0.121. The lowest BCUT2D eigenvalue weighted by Gasteiger charge is -1.98. The number of hydrogen-bond donors (Lipinski definition) is 0. The quantitative estimate of drug-likeness (QED) is 0.570. The van der Waals surface area contributed by atoms with Crippen LogP contribution in [0, 0.1) is 10.1 Å². The van der Waals surface area contributed by atoms with E-state index in [2.05, 4.69) is 4.98 Å². The van der Waals surface area contributed by atoms with Gasteiger partial charge in [0.1, 0.15) is 0 Å². The van der Waals surface area contributed by atoms with E-state index in [-0.39, 0.29) is 5.70 Å². The van der Waals surface area contributed by atoms with E-state index < -0.39 is 4.92 Å². The molecule has 1 heterocycles. The molecule has 0 radical (unpaired) electrons. The summed E-state index contributed by atoms with van der Waals surface area (Å²) in [6.45, 7) is 1.47. The first-order valence-corrected chi connectivity index (χ1v) is 4.84. The molecule has 1 aromatic carbocycles. The number of benzene rings is 1. The van der Waals surface area contributed by atoms with Gasteiger partial charge in [-0.25, -0.2) is 0 Å². The van der Waals surface area contributed by atoms with Crippen LogP contribution in [0.5, 0.6) is 0 Å². The molecule has 0 saturated heterocycles.